The zero-order valence-corrected chi connectivity index (χ0v) is 12.8. The molecular weight excluding hydrogens is 276 g/mol. The first-order chi connectivity index (χ1) is 10.7. The number of aliphatic hydroxyl groups is 1. The van der Waals surface area contributed by atoms with E-state index < -0.39 is 0 Å². The Balaban J connectivity index is 1.72. The zero-order chi connectivity index (χ0) is 15.4. The number of rotatable bonds is 4. The lowest BCUT2D eigenvalue weighted by Crippen LogP contribution is -2.43. The summed E-state index contributed by atoms with van der Waals surface area (Å²) >= 11 is 0. The summed E-state index contributed by atoms with van der Waals surface area (Å²) in [5.74, 6) is 1.81. The molecule has 1 aliphatic rings. The molecule has 0 unspecified atom stereocenters. The van der Waals surface area contributed by atoms with Gasteiger partial charge in [-0.2, -0.15) is 0 Å². The highest BCUT2D eigenvalue weighted by molar-refractivity contribution is 5.57. The van der Waals surface area contributed by atoms with Crippen molar-refractivity contribution in [1.29, 1.82) is 0 Å². The number of benzene rings is 1. The lowest BCUT2D eigenvalue weighted by Gasteiger charge is -2.28. The Morgan fingerprint density at radius 3 is 2.86 bits per heavy atom. The molecule has 0 amide bonds. The van der Waals surface area contributed by atoms with Gasteiger partial charge >= 0.3 is 0 Å². The van der Waals surface area contributed by atoms with Gasteiger partial charge in [-0.15, -0.1) is 0 Å². The lowest BCUT2D eigenvalue weighted by atomic mass is 9.95. The van der Waals surface area contributed by atoms with Gasteiger partial charge in [0.1, 0.15) is 5.82 Å². The van der Waals surface area contributed by atoms with Gasteiger partial charge in [0.2, 0.25) is 0 Å². The van der Waals surface area contributed by atoms with E-state index in [0.717, 1.165) is 42.4 Å². The molecule has 1 aliphatic heterocycles. The summed E-state index contributed by atoms with van der Waals surface area (Å²) < 4.78 is 0. The first kappa shape index (κ1) is 14.9. The van der Waals surface area contributed by atoms with Crippen molar-refractivity contribution < 1.29 is 5.11 Å². The summed E-state index contributed by atoms with van der Waals surface area (Å²) in [5, 5.41) is 16.6. The number of anilines is 1. The van der Waals surface area contributed by atoms with Crippen molar-refractivity contribution in [2.75, 3.05) is 25.0 Å². The predicted molar refractivity (Wildman–Crippen MR) is 87.7 cm³/mol. The van der Waals surface area contributed by atoms with Crippen LogP contribution in [0.1, 0.15) is 12.1 Å². The molecule has 22 heavy (non-hydrogen) atoms. The Morgan fingerprint density at radius 2 is 2.09 bits per heavy atom. The van der Waals surface area contributed by atoms with Crippen LogP contribution in [0, 0.1) is 12.8 Å². The van der Waals surface area contributed by atoms with Gasteiger partial charge in [0.15, 0.2) is 5.82 Å². The summed E-state index contributed by atoms with van der Waals surface area (Å²) in [6.45, 7) is 4.33. The Bertz CT molecular complexity index is 617. The minimum absolute atomic E-state index is 0.261. The van der Waals surface area contributed by atoms with Gasteiger partial charge in [0, 0.05) is 36.3 Å². The number of aryl methyl sites for hydroxylation is 1. The van der Waals surface area contributed by atoms with E-state index in [1.807, 2.05) is 43.3 Å². The maximum Gasteiger partial charge on any atom is 0.161 e. The number of β-amino-alcohol motifs (C(OH)–C–C–N with tert-alkyl or cyclic N) is 1. The molecule has 3 N–H and O–H groups in total. The number of hydrogen-bond donors (Lipinski definition) is 3. The molecule has 1 aromatic heterocycles. The molecule has 0 aliphatic carbocycles. The fourth-order valence-electron chi connectivity index (χ4n) is 2.75. The zero-order valence-electron chi connectivity index (χ0n) is 12.8. The highest BCUT2D eigenvalue weighted by Gasteiger charge is 2.22. The summed E-state index contributed by atoms with van der Waals surface area (Å²) in [4.78, 5) is 9.10. The van der Waals surface area contributed by atoms with E-state index in [9.17, 15) is 5.11 Å². The highest BCUT2D eigenvalue weighted by atomic mass is 16.3. The quantitative estimate of drug-likeness (QED) is 0.803. The molecule has 1 saturated heterocycles. The molecular formula is C17H22N4O. The Kier molecular flexibility index (Phi) is 4.65. The number of nitrogens with one attached hydrogen (secondary N) is 2. The molecule has 0 spiro atoms. The topological polar surface area (TPSA) is 70.1 Å². The Labute approximate surface area is 130 Å². The Morgan fingerprint density at radius 1 is 1.27 bits per heavy atom. The standard InChI is InChI=1S/C17H22N4O/c1-12-9-16(19-10-14-7-8-18-11-15(14)22)21-17(20-12)13-5-3-2-4-6-13/h2-6,9,14-15,18,22H,7-8,10-11H2,1H3,(H,19,20,21)/t14-,15+/m0/s1. The molecule has 2 atom stereocenters. The van der Waals surface area contributed by atoms with Gasteiger partial charge in [-0.05, 0) is 19.9 Å². The first-order valence-electron chi connectivity index (χ1n) is 7.76. The third-order valence-electron chi connectivity index (χ3n) is 4.02. The molecule has 0 bridgehead atoms. The Hall–Kier alpha value is -1.98. The van der Waals surface area contributed by atoms with Gasteiger partial charge < -0.3 is 15.7 Å². The summed E-state index contributed by atoms with van der Waals surface area (Å²) in [6.07, 6.45) is 0.682. The van der Waals surface area contributed by atoms with E-state index in [2.05, 4.69) is 20.6 Å². The van der Waals surface area contributed by atoms with Crippen LogP contribution in [0.2, 0.25) is 0 Å². The number of aromatic nitrogens is 2. The van der Waals surface area contributed by atoms with Crippen LogP contribution < -0.4 is 10.6 Å². The van der Waals surface area contributed by atoms with E-state index in [0.29, 0.717) is 6.54 Å². The van der Waals surface area contributed by atoms with Gasteiger partial charge in [-0.25, -0.2) is 9.97 Å². The fraction of sp³-hybridized carbons (Fsp3) is 0.412. The van der Waals surface area contributed by atoms with Crippen molar-refractivity contribution in [2.24, 2.45) is 5.92 Å². The average Bonchev–Trinajstić information content (AvgIpc) is 2.54. The first-order valence-corrected chi connectivity index (χ1v) is 7.76. The monoisotopic (exact) mass is 298 g/mol. The second-order valence-electron chi connectivity index (χ2n) is 5.79. The number of hydrogen-bond acceptors (Lipinski definition) is 5. The predicted octanol–water partition coefficient (Wildman–Crippen LogP) is 1.83. The molecule has 3 rings (SSSR count). The van der Waals surface area contributed by atoms with Gasteiger partial charge in [0.25, 0.3) is 0 Å². The second-order valence-corrected chi connectivity index (χ2v) is 5.79. The van der Waals surface area contributed by atoms with Crippen LogP contribution in [0.15, 0.2) is 36.4 Å². The van der Waals surface area contributed by atoms with E-state index in [-0.39, 0.29) is 12.0 Å². The van der Waals surface area contributed by atoms with E-state index in [1.54, 1.807) is 0 Å². The smallest absolute Gasteiger partial charge is 0.161 e. The molecule has 2 heterocycles. The minimum atomic E-state index is -0.294. The lowest BCUT2D eigenvalue weighted by molar-refractivity contribution is 0.0883. The molecule has 1 fully saturated rings. The van der Waals surface area contributed by atoms with Crippen LogP contribution in [0.25, 0.3) is 11.4 Å². The van der Waals surface area contributed by atoms with E-state index in [4.69, 9.17) is 0 Å². The third kappa shape index (κ3) is 3.61. The molecule has 2 aromatic rings. The van der Waals surface area contributed by atoms with Crippen LogP contribution in [0.3, 0.4) is 0 Å². The highest BCUT2D eigenvalue weighted by Crippen LogP contribution is 2.19. The van der Waals surface area contributed by atoms with Crippen LogP contribution in [0.5, 0.6) is 0 Å². The number of nitrogens with zero attached hydrogens (tertiary/aromatic N) is 2. The molecule has 116 valence electrons. The van der Waals surface area contributed by atoms with Gasteiger partial charge in [0.05, 0.1) is 6.10 Å². The molecule has 5 heteroatoms. The van der Waals surface area contributed by atoms with Crippen molar-refractivity contribution in [1.82, 2.24) is 15.3 Å². The third-order valence-corrected chi connectivity index (χ3v) is 4.02. The molecule has 0 saturated carbocycles. The van der Waals surface area contributed by atoms with Crippen LogP contribution in [-0.2, 0) is 0 Å². The second kappa shape index (κ2) is 6.85. The van der Waals surface area contributed by atoms with Crippen LogP contribution in [0.4, 0.5) is 5.82 Å². The van der Waals surface area contributed by atoms with Crippen LogP contribution >= 0.6 is 0 Å². The normalized spacial score (nSPS) is 21.5. The van der Waals surface area contributed by atoms with Crippen LogP contribution in [-0.4, -0.2) is 40.8 Å². The number of piperidine rings is 1. The maximum atomic E-state index is 10.00. The average molecular weight is 298 g/mol. The largest absolute Gasteiger partial charge is 0.391 e. The SMILES string of the molecule is Cc1cc(NC[C@@H]2CCNC[C@H]2O)nc(-c2ccccc2)n1. The van der Waals surface area contributed by atoms with Crippen molar-refractivity contribution in [3.05, 3.63) is 42.1 Å². The minimum Gasteiger partial charge on any atom is -0.391 e. The van der Waals surface area contributed by atoms with Crippen molar-refractivity contribution >= 4 is 5.82 Å². The fourth-order valence-corrected chi connectivity index (χ4v) is 2.75. The van der Waals surface area contributed by atoms with E-state index in [1.165, 1.54) is 0 Å². The summed E-state index contributed by atoms with van der Waals surface area (Å²) in [7, 11) is 0. The van der Waals surface area contributed by atoms with Gasteiger partial charge in [-0.3, -0.25) is 0 Å². The maximum absolute atomic E-state index is 10.00. The molecule has 1 aromatic carbocycles. The van der Waals surface area contributed by atoms with Crippen molar-refractivity contribution in [3.63, 3.8) is 0 Å². The van der Waals surface area contributed by atoms with Crippen molar-refractivity contribution in [3.8, 4) is 11.4 Å². The molecule has 5 nitrogen and oxygen atoms in total. The summed E-state index contributed by atoms with van der Waals surface area (Å²) in [6, 6.07) is 11.9. The molecule has 0 radical (unpaired) electrons. The summed E-state index contributed by atoms with van der Waals surface area (Å²) in [5.41, 5.74) is 1.94. The van der Waals surface area contributed by atoms with Gasteiger partial charge in [-0.1, -0.05) is 30.3 Å². The van der Waals surface area contributed by atoms with E-state index >= 15 is 0 Å². The number of aliphatic hydroxyl groups excluding tert-OH is 1. The van der Waals surface area contributed by atoms with Crippen molar-refractivity contribution in [2.45, 2.75) is 19.4 Å².